The second-order valence-electron chi connectivity index (χ2n) is 3.18. The van der Waals surface area contributed by atoms with Gasteiger partial charge in [-0.3, -0.25) is 0 Å². The first-order chi connectivity index (χ1) is 6.19. The summed E-state index contributed by atoms with van der Waals surface area (Å²) in [4.78, 5) is 0. The molecule has 0 saturated carbocycles. The first-order valence-corrected chi connectivity index (χ1v) is 5.51. The monoisotopic (exact) mass is 242 g/mol. The molecule has 0 amide bonds. The Kier molecular flexibility index (Phi) is 3.79. The number of hydrogen-bond acceptors (Lipinski definition) is 1. The van der Waals surface area contributed by atoms with Gasteiger partial charge in [-0.25, -0.2) is 0 Å². The number of rotatable bonds is 3. The number of benzene rings is 1. The van der Waals surface area contributed by atoms with Gasteiger partial charge >= 0.3 is 0 Å². The average Bonchev–Trinajstić information content (AvgIpc) is 2.11. The molecule has 0 N–H and O–H groups in total. The third-order valence-electron chi connectivity index (χ3n) is 2.25. The molecule has 0 bridgehead atoms. The maximum absolute atomic E-state index is 5.20. The molecule has 0 radical (unpaired) electrons. The van der Waals surface area contributed by atoms with Crippen molar-refractivity contribution in [3.8, 4) is 5.75 Å². The van der Waals surface area contributed by atoms with E-state index >= 15 is 0 Å². The van der Waals surface area contributed by atoms with E-state index in [4.69, 9.17) is 4.74 Å². The second kappa shape index (κ2) is 4.66. The van der Waals surface area contributed by atoms with E-state index < -0.39 is 0 Å². The van der Waals surface area contributed by atoms with Crippen LogP contribution in [0.1, 0.15) is 16.7 Å². The van der Waals surface area contributed by atoms with Gasteiger partial charge in [-0.2, -0.15) is 0 Å². The van der Waals surface area contributed by atoms with Crippen LogP contribution < -0.4 is 4.74 Å². The Hall–Kier alpha value is -0.500. The van der Waals surface area contributed by atoms with E-state index in [9.17, 15) is 0 Å². The molecule has 72 valence electrons. The quantitative estimate of drug-likeness (QED) is 0.740. The molecule has 1 nitrogen and oxygen atoms in total. The molecule has 0 aliphatic rings. The molecular formula is C11H15BrO. The zero-order valence-corrected chi connectivity index (χ0v) is 9.94. The molecule has 1 rings (SSSR count). The van der Waals surface area contributed by atoms with Gasteiger partial charge in [0.15, 0.2) is 0 Å². The molecule has 1 aromatic carbocycles. The van der Waals surface area contributed by atoms with Crippen molar-refractivity contribution in [2.24, 2.45) is 0 Å². The van der Waals surface area contributed by atoms with Crippen LogP contribution in [0.25, 0.3) is 0 Å². The van der Waals surface area contributed by atoms with Crippen LogP contribution in [0, 0.1) is 13.8 Å². The van der Waals surface area contributed by atoms with E-state index in [1.165, 1.54) is 16.7 Å². The lowest BCUT2D eigenvalue weighted by Gasteiger charge is -2.10. The maximum Gasteiger partial charge on any atom is 0.119 e. The van der Waals surface area contributed by atoms with Crippen LogP contribution >= 0.6 is 15.9 Å². The van der Waals surface area contributed by atoms with E-state index in [1.807, 2.05) is 0 Å². The summed E-state index contributed by atoms with van der Waals surface area (Å²) in [6.45, 7) is 4.26. The van der Waals surface area contributed by atoms with Gasteiger partial charge in [-0.15, -0.1) is 0 Å². The van der Waals surface area contributed by atoms with Gasteiger partial charge in [0.1, 0.15) is 5.75 Å². The summed E-state index contributed by atoms with van der Waals surface area (Å²) in [7, 11) is 1.71. The van der Waals surface area contributed by atoms with E-state index in [0.717, 1.165) is 17.5 Å². The van der Waals surface area contributed by atoms with Gasteiger partial charge in [-0.1, -0.05) is 15.9 Å². The SMILES string of the molecule is COc1cc(C)c(CCBr)c(C)c1. The normalized spacial score (nSPS) is 10.2. The molecule has 0 aliphatic heterocycles. The highest BCUT2D eigenvalue weighted by atomic mass is 79.9. The topological polar surface area (TPSA) is 9.23 Å². The summed E-state index contributed by atoms with van der Waals surface area (Å²) in [5.41, 5.74) is 4.06. The smallest absolute Gasteiger partial charge is 0.119 e. The summed E-state index contributed by atoms with van der Waals surface area (Å²) in [6.07, 6.45) is 1.08. The minimum atomic E-state index is 0.952. The van der Waals surface area contributed by atoms with Crippen molar-refractivity contribution in [3.63, 3.8) is 0 Å². The molecule has 0 fully saturated rings. The minimum Gasteiger partial charge on any atom is -0.497 e. The van der Waals surface area contributed by atoms with Crippen LogP contribution in [0.15, 0.2) is 12.1 Å². The van der Waals surface area contributed by atoms with Crippen molar-refractivity contribution in [2.45, 2.75) is 20.3 Å². The Labute approximate surface area is 88.2 Å². The number of halogens is 1. The Morgan fingerprint density at radius 3 is 2.15 bits per heavy atom. The third kappa shape index (κ3) is 2.47. The van der Waals surface area contributed by atoms with Gasteiger partial charge in [0, 0.05) is 5.33 Å². The molecule has 0 aromatic heterocycles. The van der Waals surface area contributed by atoms with Crippen LogP contribution in [0.3, 0.4) is 0 Å². The minimum absolute atomic E-state index is 0.952. The van der Waals surface area contributed by atoms with Gasteiger partial charge < -0.3 is 4.74 Å². The van der Waals surface area contributed by atoms with Gasteiger partial charge in [0.05, 0.1) is 7.11 Å². The van der Waals surface area contributed by atoms with Crippen molar-refractivity contribution in [1.29, 1.82) is 0 Å². The lowest BCUT2D eigenvalue weighted by Crippen LogP contribution is -1.96. The highest BCUT2D eigenvalue weighted by Gasteiger charge is 2.04. The van der Waals surface area contributed by atoms with E-state index in [-0.39, 0.29) is 0 Å². The molecule has 0 unspecified atom stereocenters. The predicted octanol–water partition coefficient (Wildman–Crippen LogP) is 3.25. The molecule has 0 spiro atoms. The van der Waals surface area contributed by atoms with E-state index in [0.29, 0.717) is 0 Å². The number of methoxy groups -OCH3 is 1. The molecule has 0 saturated heterocycles. The first kappa shape index (κ1) is 10.6. The number of alkyl halides is 1. The molecule has 0 aliphatic carbocycles. The molecule has 13 heavy (non-hydrogen) atoms. The lowest BCUT2D eigenvalue weighted by molar-refractivity contribution is 0.414. The summed E-state index contributed by atoms with van der Waals surface area (Å²) in [5.74, 6) is 0.952. The molecule has 1 aromatic rings. The molecule has 0 heterocycles. The highest BCUT2D eigenvalue weighted by molar-refractivity contribution is 9.09. The van der Waals surface area contributed by atoms with Crippen molar-refractivity contribution in [3.05, 3.63) is 28.8 Å². The highest BCUT2D eigenvalue weighted by Crippen LogP contribution is 2.22. The van der Waals surface area contributed by atoms with Crippen LogP contribution in [0.2, 0.25) is 0 Å². The van der Waals surface area contributed by atoms with Crippen molar-refractivity contribution in [2.75, 3.05) is 12.4 Å². The van der Waals surface area contributed by atoms with Gasteiger partial charge in [0.2, 0.25) is 0 Å². The van der Waals surface area contributed by atoms with Crippen LogP contribution in [0.4, 0.5) is 0 Å². The van der Waals surface area contributed by atoms with E-state index in [1.54, 1.807) is 7.11 Å². The van der Waals surface area contributed by atoms with Crippen LogP contribution in [-0.4, -0.2) is 12.4 Å². The summed E-state index contributed by atoms with van der Waals surface area (Å²) >= 11 is 3.46. The number of aryl methyl sites for hydroxylation is 2. The summed E-state index contributed by atoms with van der Waals surface area (Å²) in [6, 6.07) is 4.18. The van der Waals surface area contributed by atoms with Gasteiger partial charge in [-0.05, 0) is 49.1 Å². The average molecular weight is 243 g/mol. The Balaban J connectivity index is 3.07. The predicted molar refractivity (Wildman–Crippen MR) is 60.0 cm³/mol. The van der Waals surface area contributed by atoms with Crippen LogP contribution in [0.5, 0.6) is 5.75 Å². The third-order valence-corrected chi connectivity index (χ3v) is 2.65. The molecular weight excluding hydrogens is 228 g/mol. The first-order valence-electron chi connectivity index (χ1n) is 4.39. The Morgan fingerprint density at radius 2 is 1.77 bits per heavy atom. The second-order valence-corrected chi connectivity index (χ2v) is 3.97. The zero-order valence-electron chi connectivity index (χ0n) is 8.36. The molecule has 2 heteroatoms. The lowest BCUT2D eigenvalue weighted by atomic mass is 10.0. The fraction of sp³-hybridized carbons (Fsp3) is 0.455. The number of hydrogen-bond donors (Lipinski definition) is 0. The van der Waals surface area contributed by atoms with Crippen LogP contribution in [-0.2, 0) is 6.42 Å². The van der Waals surface area contributed by atoms with Gasteiger partial charge in [0.25, 0.3) is 0 Å². The molecule has 0 atom stereocenters. The largest absolute Gasteiger partial charge is 0.497 e. The van der Waals surface area contributed by atoms with Crippen molar-refractivity contribution in [1.82, 2.24) is 0 Å². The standard InChI is InChI=1S/C11H15BrO/c1-8-6-10(13-3)7-9(2)11(8)4-5-12/h6-7H,4-5H2,1-3H3. The maximum atomic E-state index is 5.20. The number of ether oxygens (including phenoxy) is 1. The van der Waals surface area contributed by atoms with E-state index in [2.05, 4.69) is 41.9 Å². The summed E-state index contributed by atoms with van der Waals surface area (Å²) < 4.78 is 5.20. The van der Waals surface area contributed by atoms with Crippen molar-refractivity contribution >= 4 is 15.9 Å². The zero-order chi connectivity index (χ0) is 9.84. The Bertz CT molecular complexity index is 271. The fourth-order valence-electron chi connectivity index (χ4n) is 1.56. The fourth-order valence-corrected chi connectivity index (χ4v) is 1.96. The van der Waals surface area contributed by atoms with Crippen molar-refractivity contribution < 1.29 is 4.74 Å². The Morgan fingerprint density at radius 1 is 1.23 bits per heavy atom. The summed E-state index contributed by atoms with van der Waals surface area (Å²) in [5, 5.41) is 1.01.